The van der Waals surface area contributed by atoms with Crippen molar-refractivity contribution in [3.63, 3.8) is 0 Å². The van der Waals surface area contributed by atoms with E-state index in [0.29, 0.717) is 5.92 Å². The quantitative estimate of drug-likeness (QED) is 0.621. The standard InChI is InChI=1S/C14H18/c1-6-10(2)9-14-12(4)7-11(3)8-13(14)5/h1,7-8,10H,9H2,2-5H3. The molecule has 0 fully saturated rings. The van der Waals surface area contributed by atoms with Crippen molar-refractivity contribution in [2.24, 2.45) is 5.92 Å². The number of benzene rings is 1. The molecule has 1 aromatic carbocycles. The molecule has 0 aliphatic rings. The summed E-state index contributed by atoms with van der Waals surface area (Å²) >= 11 is 0. The van der Waals surface area contributed by atoms with Crippen LogP contribution in [-0.4, -0.2) is 0 Å². The van der Waals surface area contributed by atoms with Gasteiger partial charge in [-0.2, -0.15) is 0 Å². The fourth-order valence-electron chi connectivity index (χ4n) is 1.90. The molecular formula is C14H18. The second-order valence-corrected chi connectivity index (χ2v) is 4.15. The molecule has 0 heterocycles. The Hall–Kier alpha value is -1.22. The Morgan fingerprint density at radius 1 is 1.21 bits per heavy atom. The van der Waals surface area contributed by atoms with Gasteiger partial charge in [0.25, 0.3) is 0 Å². The van der Waals surface area contributed by atoms with Crippen LogP contribution < -0.4 is 0 Å². The maximum absolute atomic E-state index is 5.40. The molecule has 0 amide bonds. The molecule has 0 nitrogen and oxygen atoms in total. The molecule has 0 bridgehead atoms. The van der Waals surface area contributed by atoms with Gasteiger partial charge in [-0.15, -0.1) is 12.3 Å². The molecule has 1 aromatic rings. The largest absolute Gasteiger partial charge is 0.120 e. The van der Waals surface area contributed by atoms with E-state index in [1.807, 2.05) is 0 Å². The van der Waals surface area contributed by atoms with Gasteiger partial charge in [0, 0.05) is 5.92 Å². The van der Waals surface area contributed by atoms with Crippen molar-refractivity contribution in [1.29, 1.82) is 0 Å². The molecule has 1 rings (SSSR count). The van der Waals surface area contributed by atoms with E-state index in [0.717, 1.165) is 6.42 Å². The number of aryl methyl sites for hydroxylation is 3. The van der Waals surface area contributed by atoms with Crippen molar-refractivity contribution in [2.75, 3.05) is 0 Å². The number of rotatable bonds is 2. The van der Waals surface area contributed by atoms with E-state index in [1.54, 1.807) is 0 Å². The Morgan fingerprint density at radius 3 is 2.14 bits per heavy atom. The predicted molar refractivity (Wildman–Crippen MR) is 62.4 cm³/mol. The molecule has 0 saturated carbocycles. The molecule has 0 heteroatoms. The van der Waals surface area contributed by atoms with Crippen LogP contribution in [0.25, 0.3) is 0 Å². The summed E-state index contributed by atoms with van der Waals surface area (Å²) in [6.07, 6.45) is 6.39. The Bertz CT molecular complexity index is 343. The summed E-state index contributed by atoms with van der Waals surface area (Å²) in [6.45, 7) is 8.56. The van der Waals surface area contributed by atoms with E-state index in [9.17, 15) is 0 Å². The van der Waals surface area contributed by atoms with Crippen molar-refractivity contribution >= 4 is 0 Å². The maximum atomic E-state index is 5.40. The molecule has 0 aliphatic carbocycles. The van der Waals surface area contributed by atoms with Crippen LogP contribution in [0.1, 0.15) is 29.2 Å². The normalized spacial score (nSPS) is 12.2. The Balaban J connectivity index is 3.04. The first-order valence-electron chi connectivity index (χ1n) is 5.07. The van der Waals surface area contributed by atoms with Crippen LogP contribution in [0.3, 0.4) is 0 Å². The fourth-order valence-corrected chi connectivity index (χ4v) is 1.90. The first-order chi connectivity index (χ1) is 6.54. The van der Waals surface area contributed by atoms with Crippen LogP contribution in [0, 0.1) is 39.0 Å². The van der Waals surface area contributed by atoms with Gasteiger partial charge in [0.1, 0.15) is 0 Å². The SMILES string of the molecule is C#CC(C)Cc1c(C)cc(C)cc1C. The number of hydrogen-bond acceptors (Lipinski definition) is 0. The van der Waals surface area contributed by atoms with Crippen LogP contribution >= 0.6 is 0 Å². The van der Waals surface area contributed by atoms with Crippen LogP contribution in [-0.2, 0) is 6.42 Å². The van der Waals surface area contributed by atoms with E-state index in [2.05, 4.69) is 45.7 Å². The van der Waals surface area contributed by atoms with Crippen LogP contribution in [0.15, 0.2) is 12.1 Å². The van der Waals surface area contributed by atoms with Crippen LogP contribution in [0.5, 0.6) is 0 Å². The minimum Gasteiger partial charge on any atom is -0.120 e. The lowest BCUT2D eigenvalue weighted by atomic mass is 9.92. The first-order valence-corrected chi connectivity index (χ1v) is 5.07. The van der Waals surface area contributed by atoms with E-state index in [4.69, 9.17) is 6.42 Å². The van der Waals surface area contributed by atoms with E-state index < -0.39 is 0 Å². The molecule has 0 saturated heterocycles. The van der Waals surface area contributed by atoms with E-state index >= 15 is 0 Å². The Kier molecular flexibility index (Phi) is 3.36. The molecule has 0 N–H and O–H groups in total. The Labute approximate surface area is 87.4 Å². The van der Waals surface area contributed by atoms with Gasteiger partial charge in [-0.25, -0.2) is 0 Å². The highest BCUT2D eigenvalue weighted by Crippen LogP contribution is 2.19. The predicted octanol–water partition coefficient (Wildman–Crippen LogP) is 3.42. The average Bonchev–Trinajstić information content (AvgIpc) is 2.10. The smallest absolute Gasteiger partial charge is 0.0212 e. The summed E-state index contributed by atoms with van der Waals surface area (Å²) < 4.78 is 0. The van der Waals surface area contributed by atoms with E-state index in [1.165, 1.54) is 22.3 Å². The zero-order valence-electron chi connectivity index (χ0n) is 9.52. The first kappa shape index (κ1) is 10.9. The zero-order valence-corrected chi connectivity index (χ0v) is 9.52. The highest BCUT2D eigenvalue weighted by atomic mass is 14.1. The minimum atomic E-state index is 0.329. The van der Waals surface area contributed by atoms with Crippen LogP contribution in [0.2, 0.25) is 0 Å². The van der Waals surface area contributed by atoms with E-state index in [-0.39, 0.29) is 0 Å². The second kappa shape index (κ2) is 4.33. The molecule has 0 spiro atoms. The van der Waals surface area contributed by atoms with Gasteiger partial charge in [0.05, 0.1) is 0 Å². The van der Waals surface area contributed by atoms with Crippen molar-refractivity contribution in [3.8, 4) is 12.3 Å². The average molecular weight is 186 g/mol. The maximum Gasteiger partial charge on any atom is 0.0212 e. The van der Waals surface area contributed by atoms with Crippen molar-refractivity contribution in [3.05, 3.63) is 34.4 Å². The Morgan fingerprint density at radius 2 is 1.71 bits per heavy atom. The summed E-state index contributed by atoms with van der Waals surface area (Å²) in [5, 5.41) is 0. The summed E-state index contributed by atoms with van der Waals surface area (Å²) in [7, 11) is 0. The van der Waals surface area contributed by atoms with Crippen molar-refractivity contribution < 1.29 is 0 Å². The third kappa shape index (κ3) is 2.39. The van der Waals surface area contributed by atoms with Gasteiger partial charge in [-0.3, -0.25) is 0 Å². The van der Waals surface area contributed by atoms with Gasteiger partial charge in [-0.05, 0) is 43.9 Å². The molecular weight excluding hydrogens is 168 g/mol. The van der Waals surface area contributed by atoms with Gasteiger partial charge in [0.15, 0.2) is 0 Å². The lowest BCUT2D eigenvalue weighted by Crippen LogP contribution is -2.01. The monoisotopic (exact) mass is 186 g/mol. The molecule has 74 valence electrons. The third-order valence-electron chi connectivity index (χ3n) is 2.64. The molecule has 14 heavy (non-hydrogen) atoms. The summed E-state index contributed by atoms with van der Waals surface area (Å²) in [6, 6.07) is 4.46. The van der Waals surface area contributed by atoms with Gasteiger partial charge < -0.3 is 0 Å². The third-order valence-corrected chi connectivity index (χ3v) is 2.64. The van der Waals surface area contributed by atoms with Crippen molar-refractivity contribution in [1.82, 2.24) is 0 Å². The molecule has 0 radical (unpaired) electrons. The lowest BCUT2D eigenvalue weighted by Gasteiger charge is -2.12. The van der Waals surface area contributed by atoms with Crippen LogP contribution in [0.4, 0.5) is 0 Å². The highest BCUT2D eigenvalue weighted by Gasteiger charge is 2.06. The van der Waals surface area contributed by atoms with Gasteiger partial charge in [-0.1, -0.05) is 24.6 Å². The minimum absolute atomic E-state index is 0.329. The number of hydrogen-bond donors (Lipinski definition) is 0. The zero-order chi connectivity index (χ0) is 10.7. The topological polar surface area (TPSA) is 0 Å². The van der Waals surface area contributed by atoms with Gasteiger partial charge >= 0.3 is 0 Å². The summed E-state index contributed by atoms with van der Waals surface area (Å²) in [4.78, 5) is 0. The summed E-state index contributed by atoms with van der Waals surface area (Å²) in [5.41, 5.74) is 5.48. The lowest BCUT2D eigenvalue weighted by molar-refractivity contribution is 0.743. The second-order valence-electron chi connectivity index (χ2n) is 4.15. The number of terminal acetylenes is 1. The molecule has 1 unspecified atom stereocenters. The molecule has 0 aliphatic heterocycles. The van der Waals surface area contributed by atoms with Crippen molar-refractivity contribution in [2.45, 2.75) is 34.1 Å². The summed E-state index contributed by atoms with van der Waals surface area (Å²) in [5.74, 6) is 3.11. The van der Waals surface area contributed by atoms with Gasteiger partial charge in [0.2, 0.25) is 0 Å². The molecule has 0 aromatic heterocycles. The molecule has 1 atom stereocenters. The fraction of sp³-hybridized carbons (Fsp3) is 0.429. The highest BCUT2D eigenvalue weighted by molar-refractivity contribution is 5.38.